The molecule has 2 aromatic heterocycles. The van der Waals surface area contributed by atoms with Crippen molar-refractivity contribution in [1.29, 1.82) is 0 Å². The van der Waals surface area contributed by atoms with Crippen molar-refractivity contribution < 1.29 is 9.90 Å². The third kappa shape index (κ3) is 2.04. The van der Waals surface area contributed by atoms with Gasteiger partial charge in [-0.15, -0.1) is 0 Å². The van der Waals surface area contributed by atoms with E-state index in [4.69, 9.17) is 10.8 Å². The summed E-state index contributed by atoms with van der Waals surface area (Å²) in [6.45, 7) is 1.70. The Labute approximate surface area is 115 Å². The molecule has 3 N–H and O–H groups in total. The molecule has 1 aliphatic rings. The second-order valence-electron chi connectivity index (χ2n) is 5.03. The molecule has 0 aromatic carbocycles. The van der Waals surface area contributed by atoms with Crippen LogP contribution in [0.15, 0.2) is 35.3 Å². The van der Waals surface area contributed by atoms with Crippen molar-refractivity contribution in [2.24, 2.45) is 5.73 Å². The average molecular weight is 273 g/mol. The Balaban J connectivity index is 2.07. The van der Waals surface area contributed by atoms with E-state index in [1.807, 2.05) is 12.1 Å². The fourth-order valence-corrected chi connectivity index (χ4v) is 2.57. The van der Waals surface area contributed by atoms with Gasteiger partial charge in [0.2, 0.25) is 0 Å². The number of hydrogen-bond donors (Lipinski definition) is 2. The van der Waals surface area contributed by atoms with E-state index in [1.54, 1.807) is 12.3 Å². The zero-order valence-electron chi connectivity index (χ0n) is 10.8. The van der Waals surface area contributed by atoms with Crippen molar-refractivity contribution in [2.75, 3.05) is 18.0 Å². The lowest BCUT2D eigenvalue weighted by Gasteiger charge is -2.18. The van der Waals surface area contributed by atoms with Crippen LogP contribution in [0.1, 0.15) is 16.8 Å². The predicted octanol–water partition coefficient (Wildman–Crippen LogP) is 0.535. The lowest BCUT2D eigenvalue weighted by molar-refractivity contribution is 0.0695. The fourth-order valence-electron chi connectivity index (χ4n) is 2.57. The highest BCUT2D eigenvalue weighted by atomic mass is 16.4. The molecule has 1 aliphatic heterocycles. The third-order valence-corrected chi connectivity index (χ3v) is 3.66. The van der Waals surface area contributed by atoms with Gasteiger partial charge in [-0.3, -0.25) is 9.20 Å². The molecule has 1 unspecified atom stereocenters. The Bertz CT molecular complexity index is 738. The van der Waals surface area contributed by atoms with E-state index in [0.29, 0.717) is 5.52 Å². The number of anilines is 1. The summed E-state index contributed by atoms with van der Waals surface area (Å²) in [7, 11) is 0. The summed E-state index contributed by atoms with van der Waals surface area (Å²) < 4.78 is 1.35. The van der Waals surface area contributed by atoms with E-state index in [0.717, 1.165) is 25.2 Å². The Morgan fingerprint density at radius 3 is 2.80 bits per heavy atom. The van der Waals surface area contributed by atoms with Gasteiger partial charge >= 0.3 is 5.97 Å². The first-order chi connectivity index (χ1) is 9.56. The van der Waals surface area contributed by atoms with E-state index < -0.39 is 11.5 Å². The molecular weight excluding hydrogens is 258 g/mol. The number of carboxylic acid groups (broad SMARTS) is 1. The normalized spacial score (nSPS) is 18.6. The Morgan fingerprint density at radius 1 is 1.35 bits per heavy atom. The molecule has 0 radical (unpaired) electrons. The number of aromatic nitrogens is 1. The van der Waals surface area contributed by atoms with E-state index in [1.165, 1.54) is 10.5 Å². The number of fused-ring (bicyclic) bond motifs is 1. The molecule has 1 atom stereocenters. The first kappa shape index (κ1) is 12.7. The highest BCUT2D eigenvalue weighted by Crippen LogP contribution is 2.20. The summed E-state index contributed by atoms with van der Waals surface area (Å²) in [5, 5.41) is 8.95. The van der Waals surface area contributed by atoms with Crippen molar-refractivity contribution in [3.63, 3.8) is 0 Å². The van der Waals surface area contributed by atoms with Gasteiger partial charge in [0.1, 0.15) is 5.56 Å². The van der Waals surface area contributed by atoms with Gasteiger partial charge < -0.3 is 15.7 Å². The van der Waals surface area contributed by atoms with Gasteiger partial charge in [-0.2, -0.15) is 0 Å². The summed E-state index contributed by atoms with van der Waals surface area (Å²) in [6.07, 6.45) is 2.57. The number of rotatable bonds is 2. The van der Waals surface area contributed by atoms with Crippen LogP contribution >= 0.6 is 0 Å². The van der Waals surface area contributed by atoms with E-state index in [2.05, 4.69) is 4.90 Å². The van der Waals surface area contributed by atoms with Gasteiger partial charge in [-0.1, -0.05) is 0 Å². The largest absolute Gasteiger partial charge is 0.477 e. The summed E-state index contributed by atoms with van der Waals surface area (Å²) >= 11 is 0. The van der Waals surface area contributed by atoms with Gasteiger partial charge in [0.15, 0.2) is 0 Å². The van der Waals surface area contributed by atoms with E-state index in [-0.39, 0.29) is 11.6 Å². The second kappa shape index (κ2) is 4.64. The molecule has 3 rings (SSSR count). The van der Waals surface area contributed by atoms with E-state index >= 15 is 0 Å². The highest BCUT2D eigenvalue weighted by Gasteiger charge is 2.19. The van der Waals surface area contributed by atoms with Crippen molar-refractivity contribution in [1.82, 2.24) is 4.40 Å². The second-order valence-corrected chi connectivity index (χ2v) is 5.03. The van der Waals surface area contributed by atoms with Crippen LogP contribution in [0.4, 0.5) is 5.69 Å². The molecule has 1 fully saturated rings. The minimum absolute atomic E-state index is 0.183. The standard InChI is InChI=1S/C14H15N3O3/c15-9-3-5-16(8-9)10-4-6-17-11(7-10)1-2-12(13(17)18)14(19)20/h1-2,4,6-7,9H,3,5,8,15H2,(H,19,20). The van der Waals surface area contributed by atoms with Gasteiger partial charge in [0, 0.05) is 31.0 Å². The molecule has 1 saturated heterocycles. The summed E-state index contributed by atoms with van der Waals surface area (Å²) in [5.74, 6) is -1.21. The monoisotopic (exact) mass is 273 g/mol. The maximum absolute atomic E-state index is 12.0. The van der Waals surface area contributed by atoms with Crippen LogP contribution in [0.25, 0.3) is 5.52 Å². The average Bonchev–Trinajstić information content (AvgIpc) is 2.85. The fraction of sp³-hybridized carbons (Fsp3) is 0.286. The lowest BCUT2D eigenvalue weighted by atomic mass is 10.2. The minimum atomic E-state index is -1.21. The molecule has 6 nitrogen and oxygen atoms in total. The number of carbonyl (C=O) groups is 1. The predicted molar refractivity (Wildman–Crippen MR) is 75.4 cm³/mol. The van der Waals surface area contributed by atoms with Crippen LogP contribution in [0, 0.1) is 0 Å². The van der Waals surface area contributed by atoms with Gasteiger partial charge in [0.25, 0.3) is 5.56 Å². The minimum Gasteiger partial charge on any atom is -0.477 e. The first-order valence-electron chi connectivity index (χ1n) is 6.45. The quantitative estimate of drug-likeness (QED) is 0.833. The smallest absolute Gasteiger partial charge is 0.341 e. The molecular formula is C14H15N3O3. The van der Waals surface area contributed by atoms with Crippen LogP contribution in [0.3, 0.4) is 0 Å². The first-order valence-corrected chi connectivity index (χ1v) is 6.45. The molecule has 0 saturated carbocycles. The van der Waals surface area contributed by atoms with Crippen LogP contribution in [-0.4, -0.2) is 34.6 Å². The van der Waals surface area contributed by atoms with Crippen LogP contribution in [0.5, 0.6) is 0 Å². The van der Waals surface area contributed by atoms with Gasteiger partial charge in [-0.05, 0) is 30.7 Å². The van der Waals surface area contributed by atoms with Crippen molar-refractivity contribution in [2.45, 2.75) is 12.5 Å². The van der Waals surface area contributed by atoms with Crippen molar-refractivity contribution in [3.05, 3.63) is 46.4 Å². The number of aromatic carboxylic acids is 1. The summed E-state index contributed by atoms with van der Waals surface area (Å²) in [6, 6.07) is 6.87. The molecule has 6 heteroatoms. The topological polar surface area (TPSA) is 88.0 Å². The molecule has 0 amide bonds. The Hall–Kier alpha value is -2.34. The maximum Gasteiger partial charge on any atom is 0.341 e. The molecule has 0 bridgehead atoms. The van der Waals surface area contributed by atoms with Gasteiger partial charge in [0.05, 0.1) is 5.52 Å². The third-order valence-electron chi connectivity index (χ3n) is 3.66. The zero-order valence-corrected chi connectivity index (χ0v) is 10.8. The van der Waals surface area contributed by atoms with Crippen molar-refractivity contribution >= 4 is 17.2 Å². The number of carboxylic acids is 1. The van der Waals surface area contributed by atoms with Gasteiger partial charge in [-0.25, -0.2) is 4.79 Å². The summed E-state index contributed by atoms with van der Waals surface area (Å²) in [4.78, 5) is 25.1. The number of hydrogen-bond acceptors (Lipinski definition) is 4. The molecule has 20 heavy (non-hydrogen) atoms. The van der Waals surface area contributed by atoms with Crippen molar-refractivity contribution in [3.8, 4) is 0 Å². The zero-order chi connectivity index (χ0) is 14.3. The Kier molecular flexibility index (Phi) is 2.94. The summed E-state index contributed by atoms with van der Waals surface area (Å²) in [5.41, 5.74) is 6.83. The molecule has 2 aromatic rings. The SMILES string of the molecule is NC1CCN(c2ccn3c(=O)c(C(=O)O)ccc3c2)C1. The Morgan fingerprint density at radius 2 is 2.15 bits per heavy atom. The molecule has 3 heterocycles. The maximum atomic E-state index is 12.0. The van der Waals surface area contributed by atoms with E-state index in [9.17, 15) is 9.59 Å². The number of nitrogens with zero attached hydrogens (tertiary/aromatic N) is 2. The number of pyridine rings is 2. The molecule has 0 spiro atoms. The molecule has 104 valence electrons. The van der Waals surface area contributed by atoms with Crippen LogP contribution < -0.4 is 16.2 Å². The number of nitrogens with two attached hydrogens (primary N) is 1. The van der Waals surface area contributed by atoms with Crippen LogP contribution in [0.2, 0.25) is 0 Å². The molecule has 0 aliphatic carbocycles. The highest BCUT2D eigenvalue weighted by molar-refractivity contribution is 5.87. The van der Waals surface area contributed by atoms with Crippen LogP contribution in [-0.2, 0) is 0 Å². The lowest BCUT2D eigenvalue weighted by Crippen LogP contribution is -2.27.